The molecule has 3 atom stereocenters. The highest BCUT2D eigenvalue weighted by Crippen LogP contribution is 2.48. The van der Waals surface area contributed by atoms with Crippen LogP contribution in [-0.4, -0.2) is 48.4 Å². The van der Waals surface area contributed by atoms with Crippen LogP contribution in [0.25, 0.3) is 0 Å². The van der Waals surface area contributed by atoms with Gasteiger partial charge in [0.2, 0.25) is 12.7 Å². The van der Waals surface area contributed by atoms with Crippen LogP contribution in [0.3, 0.4) is 0 Å². The maximum atomic E-state index is 15.0. The number of aryl methyl sites for hydroxylation is 2. The van der Waals surface area contributed by atoms with Gasteiger partial charge in [0.15, 0.2) is 23.1 Å². The van der Waals surface area contributed by atoms with Crippen LogP contribution in [0.4, 0.5) is 10.1 Å². The summed E-state index contributed by atoms with van der Waals surface area (Å²) in [4.78, 5) is 28.2. The highest BCUT2D eigenvalue weighted by Gasteiger charge is 2.48. The summed E-state index contributed by atoms with van der Waals surface area (Å²) in [5.41, 5.74) is 4.09. The first-order valence-electron chi connectivity index (χ1n) is 14.0. The van der Waals surface area contributed by atoms with Gasteiger partial charge in [-0.3, -0.25) is 14.5 Å². The van der Waals surface area contributed by atoms with E-state index in [0.717, 1.165) is 35.2 Å². The quantitative estimate of drug-likeness (QED) is 0.334. The van der Waals surface area contributed by atoms with E-state index < -0.39 is 29.7 Å². The molecular weight excluding hydrogens is 527 g/mol. The molecular formula is C32H35FN2O6. The number of carbonyl (C=O) groups is 2. The Labute approximate surface area is 239 Å². The van der Waals surface area contributed by atoms with Crippen LogP contribution in [0.1, 0.15) is 55.0 Å². The van der Waals surface area contributed by atoms with Crippen LogP contribution >= 0.6 is 0 Å². The molecule has 216 valence electrons. The summed E-state index contributed by atoms with van der Waals surface area (Å²) in [6, 6.07) is 15.1. The van der Waals surface area contributed by atoms with Gasteiger partial charge in [-0.05, 0) is 66.3 Å². The second kappa shape index (κ2) is 12.2. The van der Waals surface area contributed by atoms with Gasteiger partial charge in [0.1, 0.15) is 0 Å². The normalized spacial score (nSPS) is 19.8. The highest BCUT2D eigenvalue weighted by molar-refractivity contribution is 5.94. The molecule has 0 aliphatic carbocycles. The van der Waals surface area contributed by atoms with Crippen molar-refractivity contribution in [1.82, 2.24) is 4.90 Å². The van der Waals surface area contributed by atoms with Crippen molar-refractivity contribution in [3.63, 3.8) is 0 Å². The van der Waals surface area contributed by atoms with Gasteiger partial charge in [0, 0.05) is 24.2 Å². The number of carboxylic acid groups (broad SMARTS) is 1. The number of carbonyl (C=O) groups excluding carboxylic acids is 1. The summed E-state index contributed by atoms with van der Waals surface area (Å²) >= 11 is 0. The number of likely N-dealkylation sites (tertiary alicyclic amines) is 1. The molecule has 3 aromatic rings. The molecule has 2 aliphatic heterocycles. The van der Waals surface area contributed by atoms with Crippen LogP contribution in [0.2, 0.25) is 0 Å². The zero-order valence-corrected chi connectivity index (χ0v) is 23.5. The average molecular weight is 563 g/mol. The fourth-order valence-electron chi connectivity index (χ4n) is 6.01. The summed E-state index contributed by atoms with van der Waals surface area (Å²) in [5.74, 6) is -2.05. The van der Waals surface area contributed by atoms with Crippen LogP contribution in [0, 0.1) is 11.7 Å². The highest BCUT2D eigenvalue weighted by atomic mass is 19.1. The molecule has 2 heterocycles. The van der Waals surface area contributed by atoms with E-state index in [1.807, 2.05) is 43.0 Å². The third-order valence-electron chi connectivity index (χ3n) is 7.92. The molecule has 1 fully saturated rings. The summed E-state index contributed by atoms with van der Waals surface area (Å²) in [6.07, 6.45) is 1.52. The maximum absolute atomic E-state index is 15.0. The summed E-state index contributed by atoms with van der Waals surface area (Å²) < 4.78 is 31.4. The zero-order valence-electron chi connectivity index (χ0n) is 23.5. The average Bonchev–Trinajstić information content (AvgIpc) is 3.58. The molecule has 5 rings (SSSR count). The molecule has 41 heavy (non-hydrogen) atoms. The molecule has 8 nitrogen and oxygen atoms in total. The second-order valence-electron chi connectivity index (χ2n) is 10.3. The third-order valence-corrected chi connectivity index (χ3v) is 7.92. The molecule has 0 radical (unpaired) electrons. The second-order valence-corrected chi connectivity index (χ2v) is 10.3. The van der Waals surface area contributed by atoms with Crippen molar-refractivity contribution < 1.29 is 33.3 Å². The van der Waals surface area contributed by atoms with Gasteiger partial charge in [-0.1, -0.05) is 44.2 Å². The van der Waals surface area contributed by atoms with Gasteiger partial charge >= 0.3 is 5.97 Å². The first-order valence-corrected chi connectivity index (χ1v) is 14.0. The van der Waals surface area contributed by atoms with Crippen LogP contribution in [-0.2, 0) is 22.4 Å². The standard InChI is InChI=1S/C32H35FN2O6/c1-4-19-8-7-9-20(5-2)30(19)34-28(36)17-35-16-23(21-10-13-26-27(15-21)41-18-40-26)29(32(37)38)31(35)22-11-12-25(39-6-3)24(33)14-22/h7-15,23,29,31H,4-6,16-18H2,1-3H3,(H,34,36)(H,37,38)/t23?,29-,31+/m0/s1. The van der Waals surface area contributed by atoms with E-state index in [1.54, 1.807) is 25.1 Å². The molecule has 1 amide bonds. The Bertz CT molecular complexity index is 1420. The van der Waals surface area contributed by atoms with Crippen LogP contribution in [0.5, 0.6) is 17.2 Å². The minimum Gasteiger partial charge on any atom is -0.491 e. The Morgan fingerprint density at radius 2 is 1.71 bits per heavy atom. The Kier molecular flexibility index (Phi) is 8.44. The van der Waals surface area contributed by atoms with Crippen molar-refractivity contribution in [3.05, 3.63) is 82.7 Å². The monoisotopic (exact) mass is 562 g/mol. The number of nitrogens with one attached hydrogen (secondary N) is 1. The number of anilines is 1. The van der Waals surface area contributed by atoms with E-state index in [9.17, 15) is 14.7 Å². The fraction of sp³-hybridized carbons (Fsp3) is 0.375. The minimum absolute atomic E-state index is 0.0640. The summed E-state index contributed by atoms with van der Waals surface area (Å²) in [7, 11) is 0. The lowest BCUT2D eigenvalue weighted by molar-refractivity contribution is -0.143. The van der Waals surface area contributed by atoms with Crippen LogP contribution < -0.4 is 19.5 Å². The number of amides is 1. The molecule has 2 aliphatic rings. The van der Waals surface area contributed by atoms with Gasteiger partial charge in [0.05, 0.1) is 19.1 Å². The van der Waals surface area contributed by atoms with Gasteiger partial charge in [-0.15, -0.1) is 0 Å². The fourth-order valence-corrected chi connectivity index (χ4v) is 6.01. The van der Waals surface area contributed by atoms with Crippen molar-refractivity contribution in [1.29, 1.82) is 0 Å². The number of halogens is 1. The smallest absolute Gasteiger partial charge is 0.309 e. The van der Waals surface area contributed by atoms with E-state index in [2.05, 4.69) is 5.32 Å². The minimum atomic E-state index is -1.03. The van der Waals surface area contributed by atoms with Gasteiger partial charge < -0.3 is 24.6 Å². The summed E-state index contributed by atoms with van der Waals surface area (Å²) in [6.45, 7) is 6.45. The first kappa shape index (κ1) is 28.4. The lowest BCUT2D eigenvalue weighted by atomic mass is 9.82. The molecule has 2 N–H and O–H groups in total. The van der Waals surface area contributed by atoms with Crippen molar-refractivity contribution in [2.24, 2.45) is 5.92 Å². The largest absolute Gasteiger partial charge is 0.491 e. The number of para-hydroxylation sites is 1. The first-order chi connectivity index (χ1) is 19.8. The van der Waals surface area contributed by atoms with E-state index in [4.69, 9.17) is 14.2 Å². The molecule has 1 unspecified atom stereocenters. The number of rotatable bonds is 10. The Morgan fingerprint density at radius 1 is 1.00 bits per heavy atom. The molecule has 0 saturated carbocycles. The SMILES string of the molecule is CCOc1ccc([C@@H]2[C@@H](C(=O)O)C(c3ccc4c(c3)OCO4)CN2CC(=O)Nc2c(CC)cccc2CC)cc1F. The van der Waals surface area contributed by atoms with E-state index in [-0.39, 0.29) is 31.5 Å². The molecule has 3 aromatic carbocycles. The number of nitrogens with zero attached hydrogens (tertiary/aromatic N) is 1. The molecule has 0 spiro atoms. The van der Waals surface area contributed by atoms with Crippen molar-refractivity contribution in [2.75, 3.05) is 31.8 Å². The number of fused-ring (bicyclic) bond motifs is 1. The van der Waals surface area contributed by atoms with E-state index in [1.165, 1.54) is 12.1 Å². The molecule has 0 bridgehead atoms. The number of carboxylic acids is 1. The van der Waals surface area contributed by atoms with E-state index >= 15 is 4.39 Å². The Balaban J connectivity index is 1.51. The number of ether oxygens (including phenoxy) is 3. The molecule has 1 saturated heterocycles. The molecule has 9 heteroatoms. The van der Waals surface area contributed by atoms with Crippen molar-refractivity contribution >= 4 is 17.6 Å². The van der Waals surface area contributed by atoms with Gasteiger partial charge in [0.25, 0.3) is 0 Å². The summed E-state index contributed by atoms with van der Waals surface area (Å²) in [5, 5.41) is 13.6. The van der Waals surface area contributed by atoms with E-state index in [0.29, 0.717) is 23.7 Å². The predicted octanol–water partition coefficient (Wildman–Crippen LogP) is 5.56. The lowest BCUT2D eigenvalue weighted by Crippen LogP contribution is -2.35. The third kappa shape index (κ3) is 5.72. The zero-order chi connectivity index (χ0) is 29.1. The van der Waals surface area contributed by atoms with Gasteiger partial charge in [-0.25, -0.2) is 4.39 Å². The number of aliphatic carboxylic acids is 1. The number of hydrogen-bond acceptors (Lipinski definition) is 6. The maximum Gasteiger partial charge on any atom is 0.309 e. The lowest BCUT2D eigenvalue weighted by Gasteiger charge is -2.27. The van der Waals surface area contributed by atoms with Crippen molar-refractivity contribution in [2.45, 2.75) is 45.6 Å². The predicted molar refractivity (Wildman–Crippen MR) is 152 cm³/mol. The van der Waals surface area contributed by atoms with Gasteiger partial charge in [-0.2, -0.15) is 0 Å². The Morgan fingerprint density at radius 3 is 2.37 bits per heavy atom. The number of benzene rings is 3. The van der Waals surface area contributed by atoms with Crippen molar-refractivity contribution in [3.8, 4) is 17.2 Å². The Hall–Kier alpha value is -4.11. The number of hydrogen-bond donors (Lipinski definition) is 2. The molecule has 0 aromatic heterocycles. The topological polar surface area (TPSA) is 97.3 Å². The van der Waals surface area contributed by atoms with Crippen LogP contribution in [0.15, 0.2) is 54.6 Å².